The molecule has 1 heterocycles. The van der Waals surface area contributed by atoms with Crippen molar-refractivity contribution in [1.82, 2.24) is 0 Å². The minimum absolute atomic E-state index is 0.0827. The number of hydrogen-bond acceptors (Lipinski definition) is 6. The molecule has 4 aliphatic rings. The van der Waals surface area contributed by atoms with Gasteiger partial charge in [0, 0.05) is 23.6 Å². The number of ether oxygens (including phenoxy) is 1. The molecule has 0 bridgehead atoms. The Morgan fingerprint density at radius 1 is 1.09 bits per heavy atom. The zero-order valence-electron chi connectivity index (χ0n) is 19.8. The van der Waals surface area contributed by atoms with Gasteiger partial charge in [0.05, 0.1) is 30.8 Å². The Labute approximate surface area is 192 Å². The fourth-order valence-corrected chi connectivity index (χ4v) is 8.65. The van der Waals surface area contributed by atoms with E-state index in [1.807, 2.05) is 6.07 Å². The highest BCUT2D eigenvalue weighted by Gasteiger charge is 2.72. The lowest BCUT2D eigenvalue weighted by Gasteiger charge is -2.64. The molecule has 4 aliphatic carbocycles. The van der Waals surface area contributed by atoms with Crippen molar-refractivity contribution in [3.63, 3.8) is 0 Å². The van der Waals surface area contributed by atoms with Crippen LogP contribution in [0.3, 0.4) is 0 Å². The van der Waals surface area contributed by atoms with E-state index in [4.69, 9.17) is 20.6 Å². The van der Waals surface area contributed by atoms with E-state index < -0.39 is 16.6 Å². The van der Waals surface area contributed by atoms with Crippen molar-refractivity contribution < 1.29 is 19.4 Å². The Balaban J connectivity index is 1.36. The number of hydrogen-bond donors (Lipinski definition) is 4. The van der Waals surface area contributed by atoms with E-state index >= 15 is 0 Å². The minimum Gasteiger partial charge on any atom is -0.472 e. The normalized spacial score (nSPS) is 49.2. The Hall–Kier alpha value is -0.920. The topological polar surface area (TPSA) is 115 Å². The van der Waals surface area contributed by atoms with Crippen molar-refractivity contribution in [2.75, 3.05) is 13.2 Å². The lowest BCUT2D eigenvalue weighted by atomic mass is 9.43. The first-order chi connectivity index (χ1) is 15.2. The van der Waals surface area contributed by atoms with E-state index in [1.165, 1.54) is 0 Å². The summed E-state index contributed by atoms with van der Waals surface area (Å²) in [6.07, 6.45) is 12.2. The standard InChI is InChI=1S/C26H42N2O4/c1-23-8-5-20(32-16-19(28)14-27)13-17(23)3-4-22-21(23)6-9-24(2)25(29,10-11-26(22,24)30)18-7-12-31-15-18/h7,12,15,17,19-22,29-30H,3-6,8-11,13-14,16,27-28H2,1-2H3/t17?,19?,20?,21-,22-,23+,24-,25?,26-/m1/s1. The van der Waals surface area contributed by atoms with E-state index in [2.05, 4.69) is 13.8 Å². The summed E-state index contributed by atoms with van der Waals surface area (Å²) in [5.41, 5.74) is 10.3. The molecule has 0 aromatic carbocycles. The maximum Gasteiger partial charge on any atom is 0.101 e. The van der Waals surface area contributed by atoms with Crippen molar-refractivity contribution in [3.8, 4) is 0 Å². The van der Waals surface area contributed by atoms with Crippen LogP contribution in [0.25, 0.3) is 0 Å². The number of nitrogens with two attached hydrogens (primary N) is 2. The molecule has 5 rings (SSSR count). The van der Waals surface area contributed by atoms with E-state index in [-0.39, 0.29) is 23.5 Å². The molecule has 6 nitrogen and oxygen atoms in total. The fraction of sp³-hybridized carbons (Fsp3) is 0.846. The van der Waals surface area contributed by atoms with Gasteiger partial charge in [0.1, 0.15) is 5.60 Å². The molecule has 0 amide bonds. The van der Waals surface area contributed by atoms with E-state index in [1.54, 1.807) is 12.5 Å². The van der Waals surface area contributed by atoms with Crippen LogP contribution in [0, 0.1) is 28.6 Å². The van der Waals surface area contributed by atoms with Crippen LogP contribution in [0.2, 0.25) is 0 Å². The zero-order chi connectivity index (χ0) is 22.8. The van der Waals surface area contributed by atoms with E-state index in [9.17, 15) is 10.2 Å². The first kappa shape index (κ1) is 22.9. The molecule has 0 saturated heterocycles. The fourth-order valence-electron chi connectivity index (χ4n) is 8.65. The quantitative estimate of drug-likeness (QED) is 0.552. The summed E-state index contributed by atoms with van der Waals surface area (Å²) in [5, 5.41) is 24.1. The Morgan fingerprint density at radius 2 is 1.91 bits per heavy atom. The van der Waals surface area contributed by atoms with Crippen LogP contribution in [-0.4, -0.2) is 41.1 Å². The third kappa shape index (κ3) is 3.02. The van der Waals surface area contributed by atoms with Crippen molar-refractivity contribution in [3.05, 3.63) is 24.2 Å². The van der Waals surface area contributed by atoms with Gasteiger partial charge in [0.25, 0.3) is 0 Å². The van der Waals surface area contributed by atoms with Gasteiger partial charge < -0.3 is 30.8 Å². The van der Waals surface area contributed by atoms with Gasteiger partial charge in [-0.3, -0.25) is 0 Å². The lowest BCUT2D eigenvalue weighted by molar-refractivity contribution is -0.239. The third-order valence-electron chi connectivity index (χ3n) is 10.8. The molecule has 32 heavy (non-hydrogen) atoms. The molecule has 0 aliphatic heterocycles. The molecule has 0 spiro atoms. The highest BCUT2D eigenvalue weighted by molar-refractivity contribution is 5.30. The van der Waals surface area contributed by atoms with Crippen molar-refractivity contribution in [2.24, 2.45) is 40.1 Å². The largest absolute Gasteiger partial charge is 0.472 e. The second-order valence-electron chi connectivity index (χ2n) is 11.9. The first-order valence-electron chi connectivity index (χ1n) is 12.7. The predicted molar refractivity (Wildman–Crippen MR) is 123 cm³/mol. The minimum atomic E-state index is -1.02. The van der Waals surface area contributed by atoms with Gasteiger partial charge in [-0.15, -0.1) is 0 Å². The number of furan rings is 1. The smallest absolute Gasteiger partial charge is 0.101 e. The predicted octanol–water partition coefficient (Wildman–Crippen LogP) is 3.30. The summed E-state index contributed by atoms with van der Waals surface area (Å²) in [6, 6.07) is 1.79. The van der Waals surface area contributed by atoms with Crippen LogP contribution in [0.15, 0.2) is 23.0 Å². The highest BCUT2D eigenvalue weighted by Crippen LogP contribution is 2.71. The molecule has 180 valence electrons. The van der Waals surface area contributed by atoms with Crippen LogP contribution in [0.4, 0.5) is 0 Å². The summed E-state index contributed by atoms with van der Waals surface area (Å²) in [7, 11) is 0. The summed E-state index contributed by atoms with van der Waals surface area (Å²) < 4.78 is 11.5. The summed E-state index contributed by atoms with van der Waals surface area (Å²) >= 11 is 0. The summed E-state index contributed by atoms with van der Waals surface area (Å²) in [4.78, 5) is 0. The third-order valence-corrected chi connectivity index (χ3v) is 10.8. The summed E-state index contributed by atoms with van der Waals surface area (Å²) in [6.45, 7) is 5.60. The highest BCUT2D eigenvalue weighted by atomic mass is 16.5. The van der Waals surface area contributed by atoms with Gasteiger partial charge >= 0.3 is 0 Å². The van der Waals surface area contributed by atoms with Crippen LogP contribution < -0.4 is 11.5 Å². The lowest BCUT2D eigenvalue weighted by Crippen LogP contribution is -2.64. The monoisotopic (exact) mass is 446 g/mol. The molecule has 1 aromatic rings. The average Bonchev–Trinajstić information content (AvgIpc) is 3.39. The molecule has 6 heteroatoms. The molecule has 4 saturated carbocycles. The van der Waals surface area contributed by atoms with Gasteiger partial charge in [-0.1, -0.05) is 13.8 Å². The molecule has 6 N–H and O–H groups in total. The molecular weight excluding hydrogens is 404 g/mol. The Kier molecular flexibility index (Phi) is 5.58. The van der Waals surface area contributed by atoms with Crippen molar-refractivity contribution in [1.29, 1.82) is 0 Å². The number of rotatable bonds is 5. The first-order valence-corrected chi connectivity index (χ1v) is 12.7. The van der Waals surface area contributed by atoms with Gasteiger partial charge in [0.2, 0.25) is 0 Å². The van der Waals surface area contributed by atoms with Crippen molar-refractivity contribution in [2.45, 2.75) is 95.0 Å². The second kappa shape index (κ2) is 7.81. The Morgan fingerprint density at radius 3 is 2.62 bits per heavy atom. The van der Waals surface area contributed by atoms with Crippen molar-refractivity contribution >= 4 is 0 Å². The maximum atomic E-state index is 12.3. The molecule has 4 unspecified atom stereocenters. The van der Waals surface area contributed by atoms with Crippen LogP contribution in [0.5, 0.6) is 0 Å². The number of fused-ring (bicyclic) bond motifs is 5. The molecular formula is C26H42N2O4. The Bertz CT molecular complexity index is 817. The SMILES string of the molecule is C[C@]12CCC(OCC(N)CN)CC1CC[C@@H]1[C@H]2CC[C@]2(C)C(O)(c3ccoc3)CC[C@@]12O. The number of aliphatic hydroxyl groups is 2. The second-order valence-corrected chi connectivity index (χ2v) is 11.9. The molecule has 0 radical (unpaired) electrons. The molecule has 4 fully saturated rings. The van der Waals surface area contributed by atoms with Gasteiger partial charge in [-0.25, -0.2) is 0 Å². The summed E-state index contributed by atoms with van der Waals surface area (Å²) in [5.74, 6) is 1.36. The molecule has 1 aromatic heterocycles. The van der Waals surface area contributed by atoms with Gasteiger partial charge in [-0.2, -0.15) is 0 Å². The van der Waals surface area contributed by atoms with Gasteiger partial charge in [-0.05, 0) is 87.0 Å². The van der Waals surface area contributed by atoms with E-state index in [0.29, 0.717) is 37.8 Å². The van der Waals surface area contributed by atoms with Crippen LogP contribution in [0.1, 0.15) is 77.2 Å². The molecule has 9 atom stereocenters. The average molecular weight is 447 g/mol. The van der Waals surface area contributed by atoms with E-state index in [0.717, 1.165) is 50.5 Å². The van der Waals surface area contributed by atoms with Crippen LogP contribution >= 0.6 is 0 Å². The maximum absolute atomic E-state index is 12.3. The van der Waals surface area contributed by atoms with Crippen LogP contribution in [-0.2, 0) is 10.3 Å². The zero-order valence-corrected chi connectivity index (χ0v) is 19.8. The van der Waals surface area contributed by atoms with Gasteiger partial charge in [0.15, 0.2) is 0 Å².